The van der Waals surface area contributed by atoms with Crippen molar-refractivity contribution in [1.29, 1.82) is 0 Å². The number of ether oxygens (including phenoxy) is 2. The van der Waals surface area contributed by atoms with E-state index in [1.807, 2.05) is 43.9 Å². The standard InChI is InChI=1S/C20H27N3O5/c1-20(2,3)28-19(26)23-10-8-22(9-11-23)17(18(24)25)14-12-21-16-13(14)6-5-7-15(16)27-4/h5-7,12,17,21H,8-11H2,1-4H3,(H,24,25)/t17-/m0/s1. The largest absolute Gasteiger partial charge is 0.495 e. The zero-order chi connectivity index (χ0) is 20.5. The van der Waals surface area contributed by atoms with Crippen molar-refractivity contribution in [2.45, 2.75) is 32.4 Å². The highest BCUT2D eigenvalue weighted by atomic mass is 16.6. The Bertz CT molecular complexity index is 862. The molecule has 1 atom stereocenters. The number of carboxylic acid groups (broad SMARTS) is 1. The fraction of sp³-hybridized carbons (Fsp3) is 0.500. The summed E-state index contributed by atoms with van der Waals surface area (Å²) in [6, 6.07) is 4.76. The lowest BCUT2D eigenvalue weighted by Crippen LogP contribution is -2.51. The van der Waals surface area contributed by atoms with E-state index in [0.717, 1.165) is 10.9 Å². The minimum Gasteiger partial charge on any atom is -0.495 e. The molecule has 0 bridgehead atoms. The van der Waals surface area contributed by atoms with E-state index in [1.54, 1.807) is 18.2 Å². The molecule has 1 fully saturated rings. The lowest BCUT2D eigenvalue weighted by atomic mass is 10.0. The zero-order valence-electron chi connectivity index (χ0n) is 16.7. The van der Waals surface area contributed by atoms with Gasteiger partial charge < -0.3 is 24.5 Å². The first-order valence-corrected chi connectivity index (χ1v) is 9.30. The number of carboxylic acids is 1. The average Bonchev–Trinajstić information content (AvgIpc) is 3.04. The minimum atomic E-state index is -0.922. The average molecular weight is 389 g/mol. The van der Waals surface area contributed by atoms with Crippen LogP contribution in [0.3, 0.4) is 0 Å². The SMILES string of the molecule is COc1cccc2c([C@@H](C(=O)O)N3CCN(C(=O)OC(C)(C)C)CC3)c[nH]c12. The predicted octanol–water partition coefficient (Wildman–Crippen LogP) is 2.85. The second kappa shape index (κ2) is 7.71. The van der Waals surface area contributed by atoms with Gasteiger partial charge in [0.2, 0.25) is 0 Å². The number of nitrogens with zero attached hydrogens (tertiary/aromatic N) is 2. The molecule has 1 aromatic heterocycles. The number of rotatable bonds is 4. The third-order valence-electron chi connectivity index (χ3n) is 4.79. The van der Waals surface area contributed by atoms with E-state index in [2.05, 4.69) is 4.98 Å². The highest BCUT2D eigenvalue weighted by molar-refractivity contribution is 5.92. The Hall–Kier alpha value is -2.74. The summed E-state index contributed by atoms with van der Waals surface area (Å²) in [7, 11) is 1.58. The number of aliphatic carboxylic acids is 1. The lowest BCUT2D eigenvalue weighted by molar-refractivity contribution is -0.144. The van der Waals surface area contributed by atoms with Gasteiger partial charge in [0, 0.05) is 43.3 Å². The monoisotopic (exact) mass is 389 g/mol. The Morgan fingerprint density at radius 3 is 2.43 bits per heavy atom. The minimum absolute atomic E-state index is 0.365. The van der Waals surface area contributed by atoms with Crippen LogP contribution < -0.4 is 4.74 Å². The Morgan fingerprint density at radius 1 is 1.18 bits per heavy atom. The summed E-state index contributed by atoms with van der Waals surface area (Å²) in [6.07, 6.45) is 1.36. The van der Waals surface area contributed by atoms with Gasteiger partial charge in [-0.15, -0.1) is 0 Å². The highest BCUT2D eigenvalue weighted by Gasteiger charge is 2.34. The third-order valence-corrected chi connectivity index (χ3v) is 4.79. The van der Waals surface area contributed by atoms with Crippen molar-refractivity contribution in [3.8, 4) is 5.75 Å². The molecular weight excluding hydrogens is 362 g/mol. The molecule has 0 unspecified atom stereocenters. The summed E-state index contributed by atoms with van der Waals surface area (Å²) in [5.41, 5.74) is 0.909. The summed E-state index contributed by atoms with van der Waals surface area (Å²) in [4.78, 5) is 31.0. The third kappa shape index (κ3) is 4.06. The van der Waals surface area contributed by atoms with Crippen LogP contribution in [-0.4, -0.2) is 70.8 Å². The topological polar surface area (TPSA) is 95.1 Å². The molecule has 0 saturated carbocycles. The molecule has 1 saturated heterocycles. The molecule has 3 rings (SSSR count). The van der Waals surface area contributed by atoms with Crippen molar-refractivity contribution < 1.29 is 24.2 Å². The van der Waals surface area contributed by atoms with Gasteiger partial charge >= 0.3 is 12.1 Å². The van der Waals surface area contributed by atoms with Crippen molar-refractivity contribution >= 4 is 23.0 Å². The second-order valence-electron chi connectivity index (χ2n) is 7.87. The first kappa shape index (κ1) is 20.0. The number of nitrogens with one attached hydrogen (secondary N) is 1. The highest BCUT2D eigenvalue weighted by Crippen LogP contribution is 2.33. The van der Waals surface area contributed by atoms with Gasteiger partial charge in [-0.05, 0) is 26.8 Å². The summed E-state index contributed by atoms with van der Waals surface area (Å²) in [6.45, 7) is 7.22. The molecule has 0 radical (unpaired) electrons. The molecule has 28 heavy (non-hydrogen) atoms. The Balaban J connectivity index is 1.78. The van der Waals surface area contributed by atoms with Crippen molar-refractivity contribution in [2.75, 3.05) is 33.3 Å². The summed E-state index contributed by atoms with van der Waals surface area (Å²) in [5.74, 6) is -0.253. The van der Waals surface area contributed by atoms with Crippen LogP contribution in [0.25, 0.3) is 10.9 Å². The van der Waals surface area contributed by atoms with Gasteiger partial charge in [0.15, 0.2) is 0 Å². The van der Waals surface area contributed by atoms with Gasteiger partial charge in [0.1, 0.15) is 17.4 Å². The number of hydrogen-bond donors (Lipinski definition) is 2. The molecule has 2 N–H and O–H groups in total. The number of H-pyrrole nitrogens is 1. The van der Waals surface area contributed by atoms with Crippen LogP contribution in [0.5, 0.6) is 5.75 Å². The van der Waals surface area contributed by atoms with E-state index in [1.165, 1.54) is 0 Å². The molecule has 8 nitrogen and oxygen atoms in total. The number of aromatic nitrogens is 1. The maximum absolute atomic E-state index is 12.2. The number of piperazine rings is 1. The number of methoxy groups -OCH3 is 1. The molecule has 1 aliphatic heterocycles. The van der Waals surface area contributed by atoms with Crippen LogP contribution >= 0.6 is 0 Å². The number of benzene rings is 1. The number of carbonyl (C=O) groups excluding carboxylic acids is 1. The Labute approximate surface area is 164 Å². The lowest BCUT2D eigenvalue weighted by Gasteiger charge is -2.38. The van der Waals surface area contributed by atoms with Crippen LogP contribution in [0, 0.1) is 0 Å². The smallest absolute Gasteiger partial charge is 0.410 e. The molecule has 1 aliphatic rings. The van der Waals surface area contributed by atoms with Crippen molar-refractivity contribution in [2.24, 2.45) is 0 Å². The van der Waals surface area contributed by atoms with E-state index in [0.29, 0.717) is 37.5 Å². The normalized spacial score (nSPS) is 16.8. The Kier molecular flexibility index (Phi) is 5.51. The Morgan fingerprint density at radius 2 is 1.86 bits per heavy atom. The van der Waals surface area contributed by atoms with Gasteiger partial charge in [-0.2, -0.15) is 0 Å². The van der Waals surface area contributed by atoms with Crippen LogP contribution in [0.2, 0.25) is 0 Å². The molecule has 2 heterocycles. The number of hydrogen-bond acceptors (Lipinski definition) is 5. The van der Waals surface area contributed by atoms with Crippen LogP contribution in [0.15, 0.2) is 24.4 Å². The van der Waals surface area contributed by atoms with Gasteiger partial charge in [-0.1, -0.05) is 12.1 Å². The number of carbonyl (C=O) groups is 2. The van der Waals surface area contributed by atoms with E-state index in [4.69, 9.17) is 9.47 Å². The summed E-state index contributed by atoms with van der Waals surface area (Å²) >= 11 is 0. The van der Waals surface area contributed by atoms with Gasteiger partial charge in [0.05, 0.1) is 12.6 Å². The first-order chi connectivity index (χ1) is 13.2. The molecule has 0 spiro atoms. The molecular formula is C20H27N3O5. The molecule has 2 aromatic rings. The van der Waals surface area contributed by atoms with E-state index in [9.17, 15) is 14.7 Å². The molecule has 152 valence electrons. The van der Waals surface area contributed by atoms with Crippen LogP contribution in [-0.2, 0) is 9.53 Å². The van der Waals surface area contributed by atoms with Gasteiger partial charge in [-0.3, -0.25) is 9.69 Å². The molecule has 8 heteroatoms. The van der Waals surface area contributed by atoms with E-state index >= 15 is 0 Å². The van der Waals surface area contributed by atoms with E-state index < -0.39 is 17.6 Å². The zero-order valence-corrected chi connectivity index (χ0v) is 16.7. The van der Waals surface area contributed by atoms with Crippen molar-refractivity contribution in [3.05, 3.63) is 30.0 Å². The summed E-state index contributed by atoms with van der Waals surface area (Å²) in [5, 5.41) is 10.7. The number of para-hydroxylation sites is 1. The molecule has 0 aliphatic carbocycles. The summed E-state index contributed by atoms with van der Waals surface area (Å²) < 4.78 is 10.8. The number of aromatic amines is 1. The first-order valence-electron chi connectivity index (χ1n) is 9.30. The molecule has 1 aromatic carbocycles. The maximum Gasteiger partial charge on any atom is 0.410 e. The number of fused-ring (bicyclic) bond motifs is 1. The fourth-order valence-corrected chi connectivity index (χ4v) is 3.52. The van der Waals surface area contributed by atoms with Crippen molar-refractivity contribution in [1.82, 2.24) is 14.8 Å². The van der Waals surface area contributed by atoms with E-state index in [-0.39, 0.29) is 6.09 Å². The van der Waals surface area contributed by atoms with Crippen molar-refractivity contribution in [3.63, 3.8) is 0 Å². The fourth-order valence-electron chi connectivity index (χ4n) is 3.52. The predicted molar refractivity (Wildman–Crippen MR) is 105 cm³/mol. The van der Waals surface area contributed by atoms with Gasteiger partial charge in [0.25, 0.3) is 0 Å². The van der Waals surface area contributed by atoms with Gasteiger partial charge in [-0.25, -0.2) is 4.79 Å². The van der Waals surface area contributed by atoms with Crippen LogP contribution in [0.1, 0.15) is 32.4 Å². The molecule has 1 amide bonds. The second-order valence-corrected chi connectivity index (χ2v) is 7.87. The number of amides is 1. The quantitative estimate of drug-likeness (QED) is 0.835. The van der Waals surface area contributed by atoms with Crippen LogP contribution in [0.4, 0.5) is 4.79 Å². The maximum atomic E-state index is 12.2.